The van der Waals surface area contributed by atoms with Crippen molar-refractivity contribution in [3.05, 3.63) is 41.2 Å². The summed E-state index contributed by atoms with van der Waals surface area (Å²) in [5, 5.41) is 7.37. The molecule has 92 valence electrons. The van der Waals surface area contributed by atoms with E-state index in [9.17, 15) is 0 Å². The lowest BCUT2D eigenvalue weighted by atomic mass is 10.3. The van der Waals surface area contributed by atoms with Crippen molar-refractivity contribution in [3.8, 4) is 0 Å². The molecule has 2 rings (SSSR count). The quantitative estimate of drug-likeness (QED) is 0.658. The lowest BCUT2D eigenvalue weighted by Gasteiger charge is -2.04. The van der Waals surface area contributed by atoms with Gasteiger partial charge in [0.2, 0.25) is 0 Å². The number of nitrogen functional groups attached to an aromatic ring is 1. The van der Waals surface area contributed by atoms with Crippen LogP contribution in [0.4, 0.5) is 5.69 Å². The Labute approximate surface area is 111 Å². The van der Waals surface area contributed by atoms with E-state index in [-0.39, 0.29) is 7.43 Å². The van der Waals surface area contributed by atoms with Gasteiger partial charge < -0.3 is 5.73 Å². The minimum atomic E-state index is 0. The number of hydrogen-bond donors (Lipinski definition) is 2. The van der Waals surface area contributed by atoms with Crippen LogP contribution < -0.4 is 5.73 Å². The molecule has 1 aromatic carbocycles. The molecule has 3 nitrogen and oxygen atoms in total. The van der Waals surface area contributed by atoms with Gasteiger partial charge in [-0.25, -0.2) is 0 Å². The fourth-order valence-corrected chi connectivity index (χ4v) is 2.47. The summed E-state index contributed by atoms with van der Waals surface area (Å²) in [4.78, 5) is 1.08. The minimum Gasteiger partial charge on any atom is -0.398 e. The second kappa shape index (κ2) is 6.57. The van der Waals surface area contributed by atoms with Crippen LogP contribution in [-0.4, -0.2) is 16.0 Å². The Balaban J connectivity index is 0.00000144. The topological polar surface area (TPSA) is 54.7 Å². The number of nitrogens with one attached hydrogen (secondary N) is 1. The van der Waals surface area contributed by atoms with Gasteiger partial charge in [0.25, 0.3) is 0 Å². The number of anilines is 1. The first-order chi connectivity index (χ1) is 7.75. The van der Waals surface area contributed by atoms with Gasteiger partial charge in [-0.3, -0.25) is 5.10 Å². The van der Waals surface area contributed by atoms with Crippen molar-refractivity contribution in [2.45, 2.75) is 18.7 Å². The van der Waals surface area contributed by atoms with E-state index in [0.29, 0.717) is 5.02 Å². The average Bonchev–Trinajstić information content (AvgIpc) is 2.74. The van der Waals surface area contributed by atoms with Gasteiger partial charge in [-0.15, -0.1) is 11.8 Å². The Kier molecular flexibility index (Phi) is 5.38. The van der Waals surface area contributed by atoms with Crippen molar-refractivity contribution in [1.29, 1.82) is 0 Å². The third kappa shape index (κ3) is 3.98. The van der Waals surface area contributed by atoms with E-state index >= 15 is 0 Å². The van der Waals surface area contributed by atoms with E-state index in [0.717, 1.165) is 22.8 Å². The molecule has 1 heterocycles. The predicted octanol–water partition coefficient (Wildman–Crippen LogP) is 3.62. The normalized spacial score (nSPS) is 9.94. The standard InChI is InChI=1S/C11H12ClN3S.CH4/c12-9-1-2-11(10(13)5-9)16-4-3-8-6-14-15-7-8;/h1-2,5-7H,3-4,13H2,(H,14,15);1H4. The Hall–Kier alpha value is -1.13. The molecule has 0 radical (unpaired) electrons. The van der Waals surface area contributed by atoms with Crippen molar-refractivity contribution < 1.29 is 0 Å². The molecular weight excluding hydrogens is 254 g/mol. The lowest BCUT2D eigenvalue weighted by Crippen LogP contribution is -1.91. The molecule has 3 N–H and O–H groups in total. The molecule has 2 aromatic rings. The summed E-state index contributed by atoms with van der Waals surface area (Å²) in [5.74, 6) is 0.978. The number of halogens is 1. The Morgan fingerprint density at radius 3 is 2.88 bits per heavy atom. The number of thioether (sulfide) groups is 1. The van der Waals surface area contributed by atoms with Gasteiger partial charge in [0.1, 0.15) is 0 Å². The molecule has 0 amide bonds. The number of aryl methyl sites for hydroxylation is 1. The number of aromatic amines is 1. The summed E-state index contributed by atoms with van der Waals surface area (Å²) in [7, 11) is 0. The maximum absolute atomic E-state index is 5.86. The molecule has 0 bridgehead atoms. The van der Waals surface area contributed by atoms with Gasteiger partial charge in [-0.2, -0.15) is 5.10 Å². The van der Waals surface area contributed by atoms with E-state index in [4.69, 9.17) is 17.3 Å². The Morgan fingerprint density at radius 2 is 2.24 bits per heavy atom. The van der Waals surface area contributed by atoms with Gasteiger partial charge >= 0.3 is 0 Å². The molecule has 0 unspecified atom stereocenters. The average molecular weight is 270 g/mol. The van der Waals surface area contributed by atoms with Crippen LogP contribution in [0.25, 0.3) is 0 Å². The summed E-state index contributed by atoms with van der Waals surface area (Å²) < 4.78 is 0. The first-order valence-electron chi connectivity index (χ1n) is 4.91. The second-order valence-electron chi connectivity index (χ2n) is 3.39. The number of benzene rings is 1. The molecule has 0 fully saturated rings. The maximum Gasteiger partial charge on any atom is 0.0519 e. The van der Waals surface area contributed by atoms with Gasteiger partial charge in [-0.1, -0.05) is 19.0 Å². The van der Waals surface area contributed by atoms with Gasteiger partial charge in [-0.05, 0) is 30.2 Å². The van der Waals surface area contributed by atoms with E-state index < -0.39 is 0 Å². The predicted molar refractivity (Wildman–Crippen MR) is 75.6 cm³/mol. The zero-order chi connectivity index (χ0) is 11.4. The maximum atomic E-state index is 5.86. The van der Waals surface area contributed by atoms with Crippen molar-refractivity contribution in [2.75, 3.05) is 11.5 Å². The summed E-state index contributed by atoms with van der Waals surface area (Å²) in [6, 6.07) is 5.59. The number of H-pyrrole nitrogens is 1. The fraction of sp³-hybridized carbons (Fsp3) is 0.250. The molecule has 5 heteroatoms. The largest absolute Gasteiger partial charge is 0.398 e. The van der Waals surface area contributed by atoms with Gasteiger partial charge in [0.05, 0.1) is 6.20 Å². The molecule has 0 aliphatic carbocycles. The molecular formula is C12H16ClN3S. The third-order valence-corrected chi connectivity index (χ3v) is 3.50. The summed E-state index contributed by atoms with van der Waals surface area (Å²) in [6.07, 6.45) is 4.72. The summed E-state index contributed by atoms with van der Waals surface area (Å²) >= 11 is 7.56. The van der Waals surface area contributed by atoms with Crippen LogP contribution in [0.1, 0.15) is 13.0 Å². The van der Waals surface area contributed by atoms with E-state index in [1.807, 2.05) is 24.5 Å². The first-order valence-corrected chi connectivity index (χ1v) is 6.27. The van der Waals surface area contributed by atoms with Crippen molar-refractivity contribution in [2.24, 2.45) is 0 Å². The van der Waals surface area contributed by atoms with E-state index in [1.54, 1.807) is 17.8 Å². The van der Waals surface area contributed by atoms with Crippen LogP contribution >= 0.6 is 23.4 Å². The highest BCUT2D eigenvalue weighted by Gasteiger charge is 2.01. The van der Waals surface area contributed by atoms with Crippen molar-refractivity contribution in [1.82, 2.24) is 10.2 Å². The molecule has 0 atom stereocenters. The lowest BCUT2D eigenvalue weighted by molar-refractivity contribution is 1.09. The third-order valence-electron chi connectivity index (χ3n) is 2.17. The first kappa shape index (κ1) is 13.9. The second-order valence-corrected chi connectivity index (χ2v) is 4.96. The molecule has 0 saturated carbocycles. The summed E-state index contributed by atoms with van der Waals surface area (Å²) in [6.45, 7) is 0. The van der Waals surface area contributed by atoms with Gasteiger partial charge in [0.15, 0.2) is 0 Å². The van der Waals surface area contributed by atoms with Crippen molar-refractivity contribution >= 4 is 29.1 Å². The highest BCUT2D eigenvalue weighted by Crippen LogP contribution is 2.27. The number of nitrogens with two attached hydrogens (primary N) is 1. The monoisotopic (exact) mass is 269 g/mol. The molecule has 17 heavy (non-hydrogen) atoms. The van der Waals surface area contributed by atoms with Crippen LogP contribution in [0.15, 0.2) is 35.5 Å². The summed E-state index contributed by atoms with van der Waals surface area (Å²) in [5.41, 5.74) is 7.81. The number of rotatable bonds is 4. The zero-order valence-corrected chi connectivity index (χ0v) is 10.2. The van der Waals surface area contributed by atoms with E-state index in [1.165, 1.54) is 5.56 Å². The molecule has 0 spiro atoms. The highest BCUT2D eigenvalue weighted by atomic mass is 35.5. The smallest absolute Gasteiger partial charge is 0.0519 e. The number of aromatic nitrogens is 2. The number of nitrogens with zero attached hydrogens (tertiary/aromatic N) is 1. The van der Waals surface area contributed by atoms with E-state index in [2.05, 4.69) is 10.2 Å². The van der Waals surface area contributed by atoms with Crippen LogP contribution in [-0.2, 0) is 6.42 Å². The molecule has 1 aromatic heterocycles. The van der Waals surface area contributed by atoms with Crippen LogP contribution in [0, 0.1) is 0 Å². The highest BCUT2D eigenvalue weighted by molar-refractivity contribution is 7.99. The Bertz CT molecular complexity index is 457. The Morgan fingerprint density at radius 1 is 1.41 bits per heavy atom. The SMILES string of the molecule is C.Nc1cc(Cl)ccc1SCCc1cn[nH]c1. The number of hydrogen-bond acceptors (Lipinski definition) is 3. The van der Waals surface area contributed by atoms with Gasteiger partial charge in [0, 0.05) is 27.6 Å². The molecule has 0 aliphatic heterocycles. The van der Waals surface area contributed by atoms with Crippen LogP contribution in [0.3, 0.4) is 0 Å². The van der Waals surface area contributed by atoms with Crippen LogP contribution in [0.5, 0.6) is 0 Å². The van der Waals surface area contributed by atoms with Crippen molar-refractivity contribution in [3.63, 3.8) is 0 Å². The fourth-order valence-electron chi connectivity index (χ4n) is 1.34. The molecule has 0 aliphatic rings. The zero-order valence-electron chi connectivity index (χ0n) is 8.61. The molecule has 0 saturated heterocycles. The van der Waals surface area contributed by atoms with Crippen LogP contribution in [0.2, 0.25) is 5.02 Å². The minimum absolute atomic E-state index is 0.